The van der Waals surface area contributed by atoms with E-state index < -0.39 is 0 Å². The van der Waals surface area contributed by atoms with E-state index in [2.05, 4.69) is 22.0 Å². The summed E-state index contributed by atoms with van der Waals surface area (Å²) in [5, 5.41) is 18.5. The van der Waals surface area contributed by atoms with Crippen LogP contribution in [0, 0.1) is 17.1 Å². The number of methoxy groups -OCH3 is 1. The van der Waals surface area contributed by atoms with Gasteiger partial charge in [0.2, 0.25) is 0 Å². The van der Waals surface area contributed by atoms with E-state index in [0.29, 0.717) is 21.2 Å². The van der Waals surface area contributed by atoms with E-state index in [1.54, 1.807) is 25.3 Å². The molecule has 0 fully saturated rings. The van der Waals surface area contributed by atoms with E-state index in [9.17, 15) is 9.50 Å². The van der Waals surface area contributed by atoms with Crippen LogP contribution < -0.4 is 0 Å². The van der Waals surface area contributed by atoms with E-state index in [-0.39, 0.29) is 19.0 Å². The number of hydrogen-bond donors (Lipinski definition) is 1. The fraction of sp³-hybridized carbons (Fsp3) is 0.188. The van der Waals surface area contributed by atoms with Gasteiger partial charge in [-0.3, -0.25) is 0 Å². The molecular weight excluding hydrogens is 337 g/mol. The van der Waals surface area contributed by atoms with Crippen molar-refractivity contribution in [2.45, 2.75) is 13.2 Å². The van der Waals surface area contributed by atoms with Crippen molar-refractivity contribution in [3.8, 4) is 17.2 Å². The third-order valence-electron chi connectivity index (χ3n) is 3.18. The zero-order chi connectivity index (χ0) is 15.4. The van der Waals surface area contributed by atoms with Crippen LogP contribution in [0.4, 0.5) is 4.39 Å². The molecule has 0 spiro atoms. The SMILES string of the molecule is COCc1c(-c2cc(F)ccc2CO)ccc(C#N)c1Br. The van der Waals surface area contributed by atoms with Crippen molar-refractivity contribution in [3.63, 3.8) is 0 Å². The number of ether oxygens (including phenoxy) is 1. The van der Waals surface area contributed by atoms with E-state index in [1.807, 2.05) is 0 Å². The van der Waals surface area contributed by atoms with Gasteiger partial charge in [-0.1, -0.05) is 12.1 Å². The summed E-state index contributed by atoms with van der Waals surface area (Å²) in [5.74, 6) is -0.383. The lowest BCUT2D eigenvalue weighted by molar-refractivity contribution is 0.184. The third-order valence-corrected chi connectivity index (χ3v) is 4.09. The van der Waals surface area contributed by atoms with E-state index in [1.165, 1.54) is 12.1 Å². The van der Waals surface area contributed by atoms with Crippen LogP contribution in [0.15, 0.2) is 34.8 Å². The lowest BCUT2D eigenvalue weighted by Crippen LogP contribution is -1.99. The van der Waals surface area contributed by atoms with Crippen molar-refractivity contribution >= 4 is 15.9 Å². The molecule has 0 aliphatic heterocycles. The van der Waals surface area contributed by atoms with Crippen LogP contribution in [0.1, 0.15) is 16.7 Å². The standard InChI is InChI=1S/C16H13BrFNO2/c1-21-9-15-13(5-3-10(7-19)16(15)17)14-6-12(18)4-2-11(14)8-20/h2-6,20H,8-9H2,1H3. The molecule has 0 amide bonds. The highest BCUT2D eigenvalue weighted by atomic mass is 79.9. The summed E-state index contributed by atoms with van der Waals surface area (Å²) in [4.78, 5) is 0. The lowest BCUT2D eigenvalue weighted by Gasteiger charge is -2.15. The van der Waals surface area contributed by atoms with Gasteiger partial charge in [0.1, 0.15) is 11.9 Å². The first-order valence-corrected chi connectivity index (χ1v) is 7.01. The predicted octanol–water partition coefficient (Wildman–Crippen LogP) is 3.77. The van der Waals surface area contributed by atoms with Gasteiger partial charge in [0, 0.05) is 17.1 Å². The van der Waals surface area contributed by atoms with Crippen LogP contribution in [0.3, 0.4) is 0 Å². The number of aliphatic hydroxyl groups is 1. The molecule has 0 atom stereocenters. The van der Waals surface area contributed by atoms with Crippen LogP contribution in [0.5, 0.6) is 0 Å². The van der Waals surface area contributed by atoms with Gasteiger partial charge in [0.25, 0.3) is 0 Å². The first-order chi connectivity index (χ1) is 10.1. The summed E-state index contributed by atoms with van der Waals surface area (Å²) in [6, 6.07) is 9.72. The van der Waals surface area contributed by atoms with Gasteiger partial charge in [0.05, 0.1) is 18.8 Å². The van der Waals surface area contributed by atoms with Crippen molar-refractivity contribution in [2.75, 3.05) is 7.11 Å². The Morgan fingerprint density at radius 3 is 2.67 bits per heavy atom. The molecule has 3 nitrogen and oxygen atoms in total. The average Bonchev–Trinajstić information content (AvgIpc) is 2.49. The maximum Gasteiger partial charge on any atom is 0.123 e. The van der Waals surface area contributed by atoms with Crippen LogP contribution in [-0.4, -0.2) is 12.2 Å². The lowest BCUT2D eigenvalue weighted by atomic mass is 9.94. The molecule has 108 valence electrons. The summed E-state index contributed by atoms with van der Waals surface area (Å²) in [7, 11) is 1.55. The van der Waals surface area contributed by atoms with Crippen LogP contribution in [0.2, 0.25) is 0 Å². The van der Waals surface area contributed by atoms with Gasteiger partial charge in [-0.25, -0.2) is 4.39 Å². The van der Waals surface area contributed by atoms with Crippen molar-refractivity contribution in [1.29, 1.82) is 5.26 Å². The van der Waals surface area contributed by atoms with Crippen molar-refractivity contribution in [1.82, 2.24) is 0 Å². The van der Waals surface area contributed by atoms with E-state index >= 15 is 0 Å². The van der Waals surface area contributed by atoms with Crippen LogP contribution >= 0.6 is 15.9 Å². The van der Waals surface area contributed by atoms with Crippen molar-refractivity contribution in [2.24, 2.45) is 0 Å². The Kier molecular flexibility index (Phi) is 5.07. The molecule has 21 heavy (non-hydrogen) atoms. The van der Waals surface area contributed by atoms with E-state index in [0.717, 1.165) is 11.1 Å². The highest BCUT2D eigenvalue weighted by molar-refractivity contribution is 9.10. The third kappa shape index (κ3) is 3.13. The van der Waals surface area contributed by atoms with Crippen molar-refractivity contribution < 1.29 is 14.2 Å². The molecule has 5 heteroatoms. The Hall–Kier alpha value is -1.74. The molecule has 0 aromatic heterocycles. The zero-order valence-electron chi connectivity index (χ0n) is 11.4. The fourth-order valence-corrected chi connectivity index (χ4v) is 2.73. The second kappa shape index (κ2) is 6.81. The minimum atomic E-state index is -0.383. The fourth-order valence-electron chi connectivity index (χ4n) is 2.18. The van der Waals surface area contributed by atoms with Gasteiger partial charge >= 0.3 is 0 Å². The Morgan fingerprint density at radius 2 is 2.05 bits per heavy atom. The van der Waals surface area contributed by atoms with Crippen LogP contribution in [0.25, 0.3) is 11.1 Å². The molecule has 2 aromatic carbocycles. The van der Waals surface area contributed by atoms with Gasteiger partial charge in [-0.05, 0) is 50.8 Å². The first-order valence-electron chi connectivity index (χ1n) is 6.22. The number of rotatable bonds is 4. The normalized spacial score (nSPS) is 10.4. The molecule has 0 saturated carbocycles. The summed E-state index contributed by atoms with van der Waals surface area (Å²) in [6.07, 6.45) is 0. The second-order valence-corrected chi connectivity index (χ2v) is 5.25. The highest BCUT2D eigenvalue weighted by Gasteiger charge is 2.15. The Bertz CT molecular complexity index is 710. The topological polar surface area (TPSA) is 53.2 Å². The number of halogens is 2. The molecule has 0 aliphatic carbocycles. The van der Waals surface area contributed by atoms with Gasteiger partial charge < -0.3 is 9.84 Å². The van der Waals surface area contributed by atoms with Crippen LogP contribution in [-0.2, 0) is 18.0 Å². The van der Waals surface area contributed by atoms with Crippen molar-refractivity contribution in [3.05, 3.63) is 57.3 Å². The zero-order valence-corrected chi connectivity index (χ0v) is 12.9. The maximum absolute atomic E-state index is 13.6. The summed E-state index contributed by atoms with van der Waals surface area (Å²) >= 11 is 3.40. The largest absolute Gasteiger partial charge is 0.392 e. The minimum Gasteiger partial charge on any atom is -0.392 e. The second-order valence-electron chi connectivity index (χ2n) is 4.46. The quantitative estimate of drug-likeness (QED) is 0.913. The number of hydrogen-bond acceptors (Lipinski definition) is 3. The summed E-state index contributed by atoms with van der Waals surface area (Å²) < 4.78 is 19.4. The number of benzene rings is 2. The molecule has 2 rings (SSSR count). The molecule has 0 unspecified atom stereocenters. The van der Waals surface area contributed by atoms with Gasteiger partial charge in [0.15, 0.2) is 0 Å². The Morgan fingerprint density at radius 1 is 1.29 bits per heavy atom. The molecule has 0 aliphatic rings. The Labute approximate surface area is 130 Å². The maximum atomic E-state index is 13.6. The van der Waals surface area contributed by atoms with Gasteiger partial charge in [-0.15, -0.1) is 0 Å². The summed E-state index contributed by atoms with van der Waals surface area (Å²) in [6.45, 7) is 0.0759. The predicted molar refractivity (Wildman–Crippen MR) is 80.9 cm³/mol. The molecule has 1 N–H and O–H groups in total. The van der Waals surface area contributed by atoms with Gasteiger partial charge in [-0.2, -0.15) is 5.26 Å². The molecule has 2 aromatic rings. The number of aliphatic hydroxyl groups excluding tert-OH is 1. The highest BCUT2D eigenvalue weighted by Crippen LogP contribution is 2.34. The molecule has 0 bridgehead atoms. The monoisotopic (exact) mass is 349 g/mol. The number of nitriles is 1. The minimum absolute atomic E-state index is 0.195. The number of nitrogens with zero attached hydrogens (tertiary/aromatic N) is 1. The molecule has 0 saturated heterocycles. The first kappa shape index (κ1) is 15.6. The molecule has 0 heterocycles. The molecular formula is C16H13BrFNO2. The molecule has 0 radical (unpaired) electrons. The smallest absolute Gasteiger partial charge is 0.123 e. The average molecular weight is 350 g/mol. The summed E-state index contributed by atoms with van der Waals surface area (Å²) in [5.41, 5.74) is 3.16. The van der Waals surface area contributed by atoms with E-state index in [4.69, 9.17) is 10.00 Å². The Balaban J connectivity index is 2.72.